The lowest BCUT2D eigenvalue weighted by Gasteiger charge is -2.38. The van der Waals surface area contributed by atoms with Gasteiger partial charge in [-0.3, -0.25) is 0 Å². The minimum Gasteiger partial charge on any atom is -0.468 e. The van der Waals surface area contributed by atoms with Crippen LogP contribution in [0.5, 0.6) is 5.75 Å². The Balaban J connectivity index is 1.69. The Hall–Kier alpha value is -3.37. The van der Waals surface area contributed by atoms with Crippen LogP contribution in [0.3, 0.4) is 0 Å². The molecule has 0 saturated carbocycles. The highest BCUT2D eigenvalue weighted by molar-refractivity contribution is 6.33. The van der Waals surface area contributed by atoms with Crippen molar-refractivity contribution in [2.24, 2.45) is 0 Å². The SMILES string of the molecule is COCOc1ccc(Cl)c(-c2nc(N[C@H]3CCN(C(=O)OC(C)(C)C)[C@@H](C)C3)c(C)c(-c3c(C)noc3C)n2)c1. The van der Waals surface area contributed by atoms with Crippen LogP contribution in [0.15, 0.2) is 22.7 Å². The second-order valence-electron chi connectivity index (χ2n) is 11.1. The lowest BCUT2D eigenvalue weighted by atomic mass is 9.98. The smallest absolute Gasteiger partial charge is 0.410 e. The number of carbonyl (C=O) groups is 1. The number of benzene rings is 1. The van der Waals surface area contributed by atoms with Crippen molar-refractivity contribution in [1.82, 2.24) is 20.0 Å². The van der Waals surface area contributed by atoms with Crippen molar-refractivity contribution >= 4 is 23.5 Å². The number of amides is 1. The third-order valence-electron chi connectivity index (χ3n) is 6.78. The number of rotatable bonds is 7. The van der Waals surface area contributed by atoms with Crippen molar-refractivity contribution in [2.45, 2.75) is 79.0 Å². The number of nitrogens with one attached hydrogen (secondary N) is 1. The molecular formula is C29H38ClN5O5. The van der Waals surface area contributed by atoms with E-state index in [2.05, 4.69) is 10.5 Å². The Morgan fingerprint density at radius 3 is 2.60 bits per heavy atom. The molecule has 0 aliphatic carbocycles. The van der Waals surface area contributed by atoms with Crippen LogP contribution >= 0.6 is 11.6 Å². The molecule has 1 aromatic carbocycles. The van der Waals surface area contributed by atoms with E-state index in [1.807, 2.05) is 48.5 Å². The highest BCUT2D eigenvalue weighted by Crippen LogP contribution is 2.37. The van der Waals surface area contributed by atoms with Crippen LogP contribution < -0.4 is 10.1 Å². The summed E-state index contributed by atoms with van der Waals surface area (Å²) in [5.41, 5.74) is 3.21. The molecule has 0 spiro atoms. The number of aromatic nitrogens is 3. The van der Waals surface area contributed by atoms with Crippen LogP contribution in [0.2, 0.25) is 5.02 Å². The van der Waals surface area contributed by atoms with Gasteiger partial charge in [-0.2, -0.15) is 0 Å². The lowest BCUT2D eigenvalue weighted by Crippen LogP contribution is -2.49. The zero-order chi connectivity index (χ0) is 29.2. The first-order valence-corrected chi connectivity index (χ1v) is 13.8. The molecule has 11 heteroatoms. The molecule has 0 unspecified atom stereocenters. The number of hydrogen-bond acceptors (Lipinski definition) is 9. The number of nitrogens with zero attached hydrogens (tertiary/aromatic N) is 4. The first-order valence-electron chi connectivity index (χ1n) is 13.4. The van der Waals surface area contributed by atoms with E-state index in [0.29, 0.717) is 46.0 Å². The highest BCUT2D eigenvalue weighted by atomic mass is 35.5. The van der Waals surface area contributed by atoms with Crippen molar-refractivity contribution in [3.63, 3.8) is 0 Å². The maximum absolute atomic E-state index is 12.7. The number of piperidine rings is 1. The second-order valence-corrected chi connectivity index (χ2v) is 11.6. The molecule has 40 heavy (non-hydrogen) atoms. The van der Waals surface area contributed by atoms with Crippen molar-refractivity contribution in [2.75, 3.05) is 25.8 Å². The maximum atomic E-state index is 12.7. The van der Waals surface area contributed by atoms with Gasteiger partial charge in [-0.25, -0.2) is 14.8 Å². The van der Waals surface area contributed by atoms with Gasteiger partial charge in [0.15, 0.2) is 12.6 Å². The molecule has 4 rings (SSSR count). The van der Waals surface area contributed by atoms with Crippen molar-refractivity contribution in [3.8, 4) is 28.4 Å². The topological polar surface area (TPSA) is 112 Å². The van der Waals surface area contributed by atoms with Crippen LogP contribution in [-0.2, 0) is 9.47 Å². The molecule has 1 aliphatic heterocycles. The molecule has 0 bridgehead atoms. The average molecular weight is 572 g/mol. The molecule has 216 valence electrons. The van der Waals surface area contributed by atoms with E-state index < -0.39 is 5.60 Å². The molecule has 2 atom stereocenters. The van der Waals surface area contributed by atoms with Gasteiger partial charge in [-0.05, 0) is 79.5 Å². The molecule has 0 radical (unpaired) electrons. The van der Waals surface area contributed by atoms with Crippen molar-refractivity contribution in [3.05, 3.63) is 40.2 Å². The first kappa shape index (κ1) is 29.6. The fourth-order valence-electron chi connectivity index (χ4n) is 4.82. The minimum atomic E-state index is -0.540. The van der Waals surface area contributed by atoms with Gasteiger partial charge in [0, 0.05) is 36.9 Å². The van der Waals surface area contributed by atoms with Crippen LogP contribution in [0.4, 0.5) is 10.6 Å². The lowest BCUT2D eigenvalue weighted by molar-refractivity contribution is 0.0112. The summed E-state index contributed by atoms with van der Waals surface area (Å²) in [6.45, 7) is 14.1. The molecule has 3 heterocycles. The fraction of sp³-hybridized carbons (Fsp3) is 0.517. The average Bonchev–Trinajstić information content (AvgIpc) is 3.21. The molecule has 1 amide bonds. The summed E-state index contributed by atoms with van der Waals surface area (Å²) in [6, 6.07) is 5.40. The standard InChI is InChI=1S/C29H38ClN5O5/c1-16-13-20(11-12-35(16)28(36)39-29(5,6)7)31-26-17(2)25(24-18(3)34-40-19(24)4)32-27(33-26)22-14-21(38-15-37-8)9-10-23(22)30/h9-10,14,16,20H,11-13,15H2,1-8H3,(H,31,32,33)/t16-,20-/m0/s1. The zero-order valence-corrected chi connectivity index (χ0v) is 25.2. The Morgan fingerprint density at radius 2 is 1.98 bits per heavy atom. The van der Waals surface area contributed by atoms with Gasteiger partial charge >= 0.3 is 6.09 Å². The maximum Gasteiger partial charge on any atom is 0.410 e. The number of ether oxygens (including phenoxy) is 3. The summed E-state index contributed by atoms with van der Waals surface area (Å²) < 4.78 is 21.8. The van der Waals surface area contributed by atoms with E-state index in [0.717, 1.165) is 29.7 Å². The number of halogens is 1. The van der Waals surface area contributed by atoms with Crippen LogP contribution in [-0.4, -0.2) is 64.2 Å². The number of carbonyl (C=O) groups excluding carboxylic acids is 1. The van der Waals surface area contributed by atoms with Gasteiger partial charge in [0.05, 0.1) is 22.0 Å². The third kappa shape index (κ3) is 6.67. The molecular weight excluding hydrogens is 534 g/mol. The Morgan fingerprint density at radius 1 is 1.23 bits per heavy atom. The molecule has 1 N–H and O–H groups in total. The predicted octanol–water partition coefficient (Wildman–Crippen LogP) is 6.56. The zero-order valence-electron chi connectivity index (χ0n) is 24.4. The summed E-state index contributed by atoms with van der Waals surface area (Å²) in [5.74, 6) is 2.37. The van der Waals surface area contributed by atoms with Gasteiger partial charge in [-0.15, -0.1) is 0 Å². The van der Waals surface area contributed by atoms with Gasteiger partial charge < -0.3 is 29.0 Å². The molecule has 1 aliphatic rings. The normalized spacial score (nSPS) is 17.6. The largest absolute Gasteiger partial charge is 0.468 e. The van der Waals surface area contributed by atoms with Gasteiger partial charge in [0.2, 0.25) is 0 Å². The number of hydrogen-bond donors (Lipinski definition) is 1. The highest BCUT2D eigenvalue weighted by Gasteiger charge is 2.32. The van der Waals surface area contributed by atoms with E-state index in [1.165, 1.54) is 0 Å². The summed E-state index contributed by atoms with van der Waals surface area (Å²) in [4.78, 5) is 24.4. The van der Waals surface area contributed by atoms with Crippen molar-refractivity contribution in [1.29, 1.82) is 0 Å². The van der Waals surface area contributed by atoms with E-state index in [9.17, 15) is 4.79 Å². The number of aryl methyl sites for hydroxylation is 2. The van der Waals surface area contributed by atoms with Gasteiger partial charge in [-0.1, -0.05) is 16.8 Å². The summed E-state index contributed by atoms with van der Waals surface area (Å²) >= 11 is 6.63. The monoisotopic (exact) mass is 571 g/mol. The van der Waals surface area contributed by atoms with Gasteiger partial charge in [0.1, 0.15) is 22.9 Å². The van der Waals surface area contributed by atoms with Gasteiger partial charge in [0.25, 0.3) is 0 Å². The Kier molecular flexibility index (Phi) is 8.90. The summed E-state index contributed by atoms with van der Waals surface area (Å²) in [7, 11) is 1.56. The molecule has 10 nitrogen and oxygen atoms in total. The second kappa shape index (κ2) is 12.0. The molecule has 1 saturated heterocycles. The molecule has 1 fully saturated rings. The number of likely N-dealkylation sites (tertiary alicyclic amines) is 1. The summed E-state index contributed by atoms with van der Waals surface area (Å²) in [6.07, 6.45) is 1.19. The number of methoxy groups -OCH3 is 1. The van der Waals surface area contributed by atoms with E-state index in [1.54, 1.807) is 30.2 Å². The third-order valence-corrected chi connectivity index (χ3v) is 7.11. The van der Waals surface area contributed by atoms with E-state index in [-0.39, 0.29) is 25.0 Å². The summed E-state index contributed by atoms with van der Waals surface area (Å²) in [5, 5.41) is 8.26. The molecule has 3 aromatic rings. The molecule has 2 aromatic heterocycles. The first-order chi connectivity index (χ1) is 18.9. The Bertz CT molecular complexity index is 1350. The van der Waals surface area contributed by atoms with Crippen molar-refractivity contribution < 1.29 is 23.5 Å². The predicted molar refractivity (Wildman–Crippen MR) is 154 cm³/mol. The van der Waals surface area contributed by atoms with Crippen LogP contribution in [0.25, 0.3) is 22.6 Å². The fourth-order valence-corrected chi connectivity index (χ4v) is 5.03. The van der Waals surface area contributed by atoms with E-state index >= 15 is 0 Å². The minimum absolute atomic E-state index is 0.00574. The quantitative estimate of drug-likeness (QED) is 0.315. The van der Waals surface area contributed by atoms with Crippen LogP contribution in [0.1, 0.15) is 57.6 Å². The Labute approximate surface area is 240 Å². The van der Waals surface area contributed by atoms with Crippen LogP contribution in [0, 0.1) is 20.8 Å². The number of anilines is 1. The van der Waals surface area contributed by atoms with E-state index in [4.69, 9.17) is 40.3 Å².